The number of aliphatic hydroxyl groups is 1. The highest BCUT2D eigenvalue weighted by Gasteiger charge is 2.79. The second kappa shape index (κ2) is 12.1. The second-order valence-electron chi connectivity index (χ2n) is 12.8. The molecular formula is C33H38F5NO6. The first-order valence-corrected chi connectivity index (χ1v) is 15.4. The average molecular weight is 640 g/mol. The van der Waals surface area contributed by atoms with Crippen molar-refractivity contribution in [3.63, 3.8) is 0 Å². The number of hydrogen-bond acceptors (Lipinski definition) is 6. The van der Waals surface area contributed by atoms with Gasteiger partial charge < -0.3 is 19.9 Å². The van der Waals surface area contributed by atoms with Gasteiger partial charge in [-0.3, -0.25) is 9.59 Å². The molecule has 246 valence electrons. The molecule has 4 aliphatic carbocycles. The molecule has 0 aliphatic heterocycles. The number of alkyl halides is 5. The van der Waals surface area contributed by atoms with Crippen molar-refractivity contribution >= 4 is 17.8 Å². The summed E-state index contributed by atoms with van der Waals surface area (Å²) in [4.78, 5) is 35.7. The molecule has 2 fully saturated rings. The maximum Gasteiger partial charge on any atom is 0.456 e. The van der Waals surface area contributed by atoms with Crippen LogP contribution in [0.25, 0.3) is 0 Å². The van der Waals surface area contributed by atoms with Crippen molar-refractivity contribution in [2.75, 3.05) is 13.2 Å². The van der Waals surface area contributed by atoms with Crippen LogP contribution < -0.4 is 5.32 Å². The smallest absolute Gasteiger partial charge is 0.456 e. The summed E-state index contributed by atoms with van der Waals surface area (Å²) in [6.07, 6.45) is -3.93. The van der Waals surface area contributed by atoms with E-state index in [1.54, 1.807) is 37.3 Å². The van der Waals surface area contributed by atoms with Gasteiger partial charge in [0.1, 0.15) is 12.2 Å². The first-order valence-electron chi connectivity index (χ1n) is 15.4. The molecular weight excluding hydrogens is 601 g/mol. The van der Waals surface area contributed by atoms with Gasteiger partial charge in [-0.1, -0.05) is 36.8 Å². The number of allylic oxidation sites excluding steroid dienone is 4. The lowest BCUT2D eigenvalue weighted by molar-refractivity contribution is -0.362. The van der Waals surface area contributed by atoms with E-state index in [9.17, 15) is 32.7 Å². The van der Waals surface area contributed by atoms with Gasteiger partial charge in [0.05, 0.1) is 13.0 Å². The molecule has 5 atom stereocenters. The Balaban J connectivity index is 1.42. The molecule has 2 saturated carbocycles. The Morgan fingerprint density at radius 3 is 2.42 bits per heavy atom. The van der Waals surface area contributed by atoms with Crippen LogP contribution in [-0.4, -0.2) is 53.8 Å². The van der Waals surface area contributed by atoms with Gasteiger partial charge in [-0.2, -0.15) is 22.0 Å². The quantitative estimate of drug-likeness (QED) is 0.243. The molecule has 0 unspecified atom stereocenters. The fourth-order valence-electron chi connectivity index (χ4n) is 8.26. The molecule has 2 N–H and O–H groups in total. The van der Waals surface area contributed by atoms with Crippen LogP contribution in [0.3, 0.4) is 0 Å². The van der Waals surface area contributed by atoms with Crippen LogP contribution in [0.4, 0.5) is 26.7 Å². The molecule has 0 heterocycles. The zero-order valence-corrected chi connectivity index (χ0v) is 25.3. The third-order valence-electron chi connectivity index (χ3n) is 10.4. The third-order valence-corrected chi connectivity index (χ3v) is 10.4. The number of benzene rings is 1. The monoisotopic (exact) mass is 639 g/mol. The predicted octanol–water partition coefficient (Wildman–Crippen LogP) is 6.69. The Morgan fingerprint density at radius 2 is 1.76 bits per heavy atom. The number of carbonyl (C=O) groups is 3. The van der Waals surface area contributed by atoms with Gasteiger partial charge in [-0.25, -0.2) is 4.79 Å². The van der Waals surface area contributed by atoms with Crippen molar-refractivity contribution in [2.45, 2.75) is 95.4 Å². The van der Waals surface area contributed by atoms with Gasteiger partial charge in [-0.05, 0) is 85.6 Å². The third kappa shape index (κ3) is 5.79. The summed E-state index contributed by atoms with van der Waals surface area (Å²) in [5.74, 6) is -7.18. The summed E-state index contributed by atoms with van der Waals surface area (Å²) in [7, 11) is 0. The zero-order chi connectivity index (χ0) is 32.8. The van der Waals surface area contributed by atoms with E-state index in [1.165, 1.54) is 6.92 Å². The van der Waals surface area contributed by atoms with Crippen LogP contribution in [0.2, 0.25) is 0 Å². The van der Waals surface area contributed by atoms with E-state index in [0.717, 1.165) is 16.7 Å². The fourth-order valence-corrected chi connectivity index (χ4v) is 8.26. The first-order chi connectivity index (χ1) is 21.1. The number of rotatable bonds is 8. The van der Waals surface area contributed by atoms with E-state index in [2.05, 4.69) is 5.32 Å². The summed E-state index contributed by atoms with van der Waals surface area (Å²) in [5, 5.41) is 13.9. The minimum atomic E-state index is -5.91. The highest BCUT2D eigenvalue weighted by atomic mass is 19.4. The Bertz CT molecular complexity index is 1400. The molecule has 5 rings (SSSR count). The van der Waals surface area contributed by atoms with Gasteiger partial charge in [0.25, 0.3) is 0 Å². The maximum absolute atomic E-state index is 15.2. The van der Waals surface area contributed by atoms with Crippen molar-refractivity contribution in [2.24, 2.45) is 17.3 Å². The van der Waals surface area contributed by atoms with E-state index in [4.69, 9.17) is 9.47 Å². The Morgan fingerprint density at radius 1 is 1.04 bits per heavy atom. The van der Waals surface area contributed by atoms with Gasteiger partial charge in [-0.15, -0.1) is 0 Å². The first kappa shape index (κ1) is 33.1. The summed E-state index contributed by atoms with van der Waals surface area (Å²) < 4.78 is 81.6. The molecule has 1 amide bonds. The molecule has 0 spiro atoms. The number of fused-ring (bicyclic) bond motifs is 4. The predicted molar refractivity (Wildman–Crippen MR) is 152 cm³/mol. The highest BCUT2D eigenvalue weighted by molar-refractivity contribution is 5.93. The minimum Gasteiger partial charge on any atom is -0.466 e. The Labute approximate surface area is 258 Å². The molecule has 0 bridgehead atoms. The molecule has 1 aromatic rings. The molecule has 0 aromatic heterocycles. The normalized spacial score (nSPS) is 29.7. The van der Waals surface area contributed by atoms with E-state index in [0.29, 0.717) is 36.8 Å². The maximum atomic E-state index is 15.2. The number of halogens is 5. The topological polar surface area (TPSA) is 102 Å². The number of amides is 1. The zero-order valence-electron chi connectivity index (χ0n) is 25.3. The number of esters is 1. The van der Waals surface area contributed by atoms with E-state index in [-0.39, 0.29) is 50.7 Å². The number of carbonyl (C=O) groups excluding carboxylic acids is 3. The standard InChI is InChI=1S/C33H38F5NO6/c1-3-44-27(41)13-15-39-29(42)45-18-19-4-6-20(7-5-19)25-17-30(2)26(12-14-31(30,43)32(34,35)33(36,37)38)24-10-8-21-16-22(40)9-11-23(21)28(24)25/h4-7,16,24-26,43H,3,8-15,17-18H2,1-2H3,(H,39,42)/t24-,25+,26-,30-,31-/m0/s1. The van der Waals surface area contributed by atoms with Crippen molar-refractivity contribution in [1.29, 1.82) is 0 Å². The van der Waals surface area contributed by atoms with Gasteiger partial charge in [0.2, 0.25) is 0 Å². The fraction of sp³-hybridized carbons (Fsp3) is 0.606. The summed E-state index contributed by atoms with van der Waals surface area (Å²) in [6, 6.07) is 6.90. The average Bonchev–Trinajstić information content (AvgIpc) is 3.26. The van der Waals surface area contributed by atoms with Crippen LogP contribution in [0.1, 0.15) is 82.3 Å². The second-order valence-corrected chi connectivity index (χ2v) is 12.8. The van der Waals surface area contributed by atoms with Gasteiger partial charge in [0, 0.05) is 24.3 Å². The summed E-state index contributed by atoms with van der Waals surface area (Å²) in [5.41, 5.74) is -0.839. The lowest BCUT2D eigenvalue weighted by Crippen LogP contribution is -2.65. The summed E-state index contributed by atoms with van der Waals surface area (Å²) >= 11 is 0. The van der Waals surface area contributed by atoms with Gasteiger partial charge >= 0.3 is 24.2 Å². The number of hydrogen-bond donors (Lipinski definition) is 2. The van der Waals surface area contributed by atoms with Crippen molar-refractivity contribution < 1.29 is 50.9 Å². The number of alkyl carbamates (subject to hydrolysis) is 1. The van der Waals surface area contributed by atoms with Crippen LogP contribution >= 0.6 is 0 Å². The van der Waals surface area contributed by atoms with E-state index < -0.39 is 53.4 Å². The molecule has 4 aliphatic rings. The molecule has 1 aromatic carbocycles. The lowest BCUT2D eigenvalue weighted by Gasteiger charge is -2.56. The van der Waals surface area contributed by atoms with Crippen molar-refractivity contribution in [1.82, 2.24) is 5.32 Å². The number of ketones is 1. The highest BCUT2D eigenvalue weighted by Crippen LogP contribution is 2.70. The van der Waals surface area contributed by atoms with Crippen LogP contribution in [0.15, 0.2) is 47.1 Å². The van der Waals surface area contributed by atoms with Crippen molar-refractivity contribution in [3.05, 3.63) is 58.2 Å². The molecule has 45 heavy (non-hydrogen) atoms. The van der Waals surface area contributed by atoms with Crippen molar-refractivity contribution in [3.8, 4) is 0 Å². The Hall–Kier alpha value is -3.28. The molecule has 12 heteroatoms. The SMILES string of the molecule is CCOC(=O)CCNC(=O)OCc1ccc([C@H]2C[C@@]3(C)[C@@H](CC[C@@]3(O)C(F)(F)C(F)(F)F)[C@@H]3CCC4=CC(=O)CCC4=C32)cc1. The molecule has 7 nitrogen and oxygen atoms in total. The van der Waals surface area contributed by atoms with Gasteiger partial charge in [0.15, 0.2) is 5.78 Å². The Kier molecular flexibility index (Phi) is 8.93. The minimum absolute atomic E-state index is 0.00721. The lowest BCUT2D eigenvalue weighted by atomic mass is 9.50. The van der Waals surface area contributed by atoms with Crippen LogP contribution in [0, 0.1) is 17.3 Å². The number of ether oxygens (including phenoxy) is 2. The number of nitrogens with one attached hydrogen (secondary N) is 1. The van der Waals surface area contributed by atoms with E-state index in [1.807, 2.05) is 0 Å². The molecule has 0 saturated heterocycles. The molecule has 0 radical (unpaired) electrons. The van der Waals surface area contributed by atoms with Crippen LogP contribution in [-0.2, 0) is 25.7 Å². The summed E-state index contributed by atoms with van der Waals surface area (Å²) in [6.45, 7) is 3.24. The largest absolute Gasteiger partial charge is 0.466 e. The van der Waals surface area contributed by atoms with Crippen LogP contribution in [0.5, 0.6) is 0 Å². The van der Waals surface area contributed by atoms with E-state index >= 15 is 8.78 Å².